The number of phosphoric acid groups is 3. The van der Waals surface area contributed by atoms with E-state index in [-0.39, 0.29) is 48.7 Å². The summed E-state index contributed by atoms with van der Waals surface area (Å²) in [7, 11) is -17.7. The quantitative estimate of drug-likeness (QED) is 0.0381. The number of nitrogens with zero attached hydrogens (tertiary/aromatic N) is 4. The van der Waals surface area contributed by atoms with Gasteiger partial charge in [0.15, 0.2) is 17.7 Å². The van der Waals surface area contributed by atoms with Crippen LogP contribution in [-0.4, -0.2) is 109 Å². The number of carboxylic acid groups (broad SMARTS) is 1. The second-order valence-electron chi connectivity index (χ2n) is 19.8. The Morgan fingerprint density at radius 2 is 1.45 bits per heavy atom. The number of hydrogen-bond donors (Lipinski definition) is 6. The number of benzene rings is 1. The molecule has 4 rings (SSSR count). The van der Waals surface area contributed by atoms with Crippen LogP contribution < -0.4 is 35.9 Å². The Morgan fingerprint density at radius 3 is 2.10 bits per heavy atom. The fourth-order valence-corrected chi connectivity index (χ4v) is 10.5. The summed E-state index contributed by atoms with van der Waals surface area (Å²) in [5.74, 6) is -2.43. The molecule has 2 aromatic heterocycles. The molecular weight excluding hydrogens is 1020 g/mol. The number of carbonyl (C=O) groups is 4. The zero-order valence-corrected chi connectivity index (χ0v) is 44.2. The van der Waals surface area contributed by atoms with E-state index in [1.54, 1.807) is 13.8 Å². The molecule has 7 unspecified atom stereocenters. The molecule has 3 aromatic rings. The summed E-state index contributed by atoms with van der Waals surface area (Å²) in [6.07, 6.45) is -0.0635. The van der Waals surface area contributed by atoms with Gasteiger partial charge in [-0.25, -0.2) is 19.3 Å². The molecule has 1 fully saturated rings. The van der Waals surface area contributed by atoms with Crippen molar-refractivity contribution in [1.29, 1.82) is 0 Å². The van der Waals surface area contributed by atoms with Gasteiger partial charge in [0.2, 0.25) is 11.8 Å². The lowest BCUT2D eigenvalue weighted by atomic mass is 9.81. The molecule has 1 aliphatic rings. The number of aliphatic hydroxyl groups excluding tert-OH is 2. The molecule has 26 nitrogen and oxygen atoms in total. The summed E-state index contributed by atoms with van der Waals surface area (Å²) in [5.41, 5.74) is 5.16. The number of carbonyl (C=O) groups excluding carboxylic acids is 3. The molecule has 0 spiro atoms. The maximum absolute atomic E-state index is 13.1. The first-order valence-electron chi connectivity index (χ1n) is 23.5. The summed E-state index contributed by atoms with van der Waals surface area (Å²) in [5, 5.41) is 35.8. The summed E-state index contributed by atoms with van der Waals surface area (Å²) in [6, 6.07) is 8.42. The highest BCUT2D eigenvalue weighted by Crippen LogP contribution is 2.56. The molecule has 7 atom stereocenters. The number of nitrogens with one attached hydrogen (secondary N) is 2. The van der Waals surface area contributed by atoms with E-state index in [2.05, 4.69) is 61.7 Å². The highest BCUT2D eigenvalue weighted by Gasteiger charge is 2.47. The summed E-state index contributed by atoms with van der Waals surface area (Å²) >= 11 is 0. The maximum Gasteiger partial charge on any atom is 0.309 e. The number of rotatable bonds is 32. The van der Waals surface area contributed by atoms with E-state index in [1.165, 1.54) is 25.0 Å². The Kier molecular flexibility index (Phi) is 22.0. The summed E-state index contributed by atoms with van der Waals surface area (Å²) in [4.78, 5) is 110. The summed E-state index contributed by atoms with van der Waals surface area (Å²) in [6.45, 7) is 7.11. The molecule has 3 heterocycles. The first-order chi connectivity index (χ1) is 33.8. The van der Waals surface area contributed by atoms with Gasteiger partial charge >= 0.3 is 5.97 Å². The van der Waals surface area contributed by atoms with E-state index in [0.717, 1.165) is 62.2 Å². The normalized spacial score (nSPS) is 19.8. The zero-order valence-electron chi connectivity index (χ0n) is 41.5. The van der Waals surface area contributed by atoms with E-state index < -0.39 is 101 Å². The van der Waals surface area contributed by atoms with Crippen LogP contribution in [0.5, 0.6) is 0 Å². The van der Waals surface area contributed by atoms with Crippen LogP contribution >= 0.6 is 23.5 Å². The minimum Gasteiger partial charge on any atom is -0.790 e. The van der Waals surface area contributed by atoms with Crippen molar-refractivity contribution >= 4 is 64.0 Å². The van der Waals surface area contributed by atoms with Crippen molar-refractivity contribution in [2.75, 3.05) is 32.0 Å². The van der Waals surface area contributed by atoms with Gasteiger partial charge in [-0.05, 0) is 63.5 Å². The van der Waals surface area contributed by atoms with Crippen LogP contribution in [0.25, 0.3) is 11.2 Å². The first kappa shape index (κ1) is 61.4. The largest absolute Gasteiger partial charge is 0.790 e. The number of aryl methyl sites for hydroxylation is 2. The van der Waals surface area contributed by atoms with Gasteiger partial charge in [0, 0.05) is 36.8 Å². The van der Waals surface area contributed by atoms with E-state index in [0.29, 0.717) is 12.8 Å². The first-order valence-corrected chi connectivity index (χ1v) is 27.9. The van der Waals surface area contributed by atoms with E-state index in [9.17, 15) is 67.8 Å². The fraction of sp³-hybridized carbons (Fsp3) is 0.659. The van der Waals surface area contributed by atoms with E-state index in [4.69, 9.17) is 10.5 Å². The Morgan fingerprint density at radius 1 is 0.849 bits per heavy atom. The van der Waals surface area contributed by atoms with Crippen molar-refractivity contribution in [1.82, 2.24) is 30.2 Å². The molecule has 1 saturated heterocycles. The SMILES string of the molecule is CC(C)(CCCCCc1cccc(CCCCC(C)(C)C(=O)CCNC(=O)CCNC(=O)C(O)C(C)(C)COP(=O)([O-])OP(=O)([O-])OCC2OC(n3cnc4c(N)ncnc43)C(O)C2OP(=O)([O-])[O-])c1)C(=O)O. The fourth-order valence-electron chi connectivity index (χ4n) is 7.73. The zero-order chi connectivity index (χ0) is 54.6. The van der Waals surface area contributed by atoms with Crippen LogP contribution in [0.1, 0.15) is 117 Å². The van der Waals surface area contributed by atoms with Gasteiger partial charge in [0.1, 0.15) is 42.0 Å². The number of nitrogen functional groups attached to an aromatic ring is 1. The molecule has 7 N–H and O–H groups in total. The molecule has 0 bridgehead atoms. The molecule has 73 heavy (non-hydrogen) atoms. The lowest BCUT2D eigenvalue weighted by Gasteiger charge is -2.36. The van der Waals surface area contributed by atoms with E-state index >= 15 is 0 Å². The van der Waals surface area contributed by atoms with Crippen molar-refractivity contribution in [2.45, 2.75) is 143 Å². The third-order valence-electron chi connectivity index (χ3n) is 12.3. The van der Waals surface area contributed by atoms with Crippen LogP contribution in [0, 0.1) is 16.2 Å². The number of aliphatic hydroxyl groups is 2. The highest BCUT2D eigenvalue weighted by atomic mass is 31.3. The lowest BCUT2D eigenvalue weighted by Crippen LogP contribution is -2.46. The van der Waals surface area contributed by atoms with Gasteiger partial charge < -0.3 is 74.1 Å². The minimum atomic E-state index is -5.94. The number of hydrogen-bond acceptors (Lipinski definition) is 22. The molecular formula is C44H66N7O19P3-4. The monoisotopic (exact) mass is 1090 g/mol. The van der Waals surface area contributed by atoms with Crippen molar-refractivity contribution in [3.8, 4) is 0 Å². The van der Waals surface area contributed by atoms with Crippen molar-refractivity contribution in [3.05, 3.63) is 48.0 Å². The van der Waals surface area contributed by atoms with Crippen molar-refractivity contribution in [3.63, 3.8) is 0 Å². The van der Waals surface area contributed by atoms with Crippen LogP contribution in [0.4, 0.5) is 5.82 Å². The van der Waals surface area contributed by atoms with Gasteiger partial charge in [0.25, 0.3) is 15.6 Å². The van der Waals surface area contributed by atoms with Gasteiger partial charge in [-0.2, -0.15) is 0 Å². The predicted octanol–water partition coefficient (Wildman–Crippen LogP) is 1.49. The van der Waals surface area contributed by atoms with E-state index in [1.807, 2.05) is 19.9 Å². The second-order valence-corrected chi connectivity index (χ2v) is 23.9. The predicted molar refractivity (Wildman–Crippen MR) is 252 cm³/mol. The maximum atomic E-state index is 13.1. The average Bonchev–Trinajstić information content (AvgIpc) is 3.85. The smallest absolute Gasteiger partial charge is 0.309 e. The molecule has 410 valence electrons. The van der Waals surface area contributed by atoms with Gasteiger partial charge in [-0.3, -0.25) is 32.9 Å². The van der Waals surface area contributed by atoms with Crippen molar-refractivity contribution in [2.24, 2.45) is 16.2 Å². The Hall–Kier alpha value is -4.10. The number of aromatic nitrogens is 4. The Labute approximate surface area is 422 Å². The number of Topliss-reactive ketones (excluding diaryl/α,β-unsaturated/α-hetero) is 1. The van der Waals surface area contributed by atoms with Crippen LogP contribution in [-0.2, 0) is 68.3 Å². The number of amides is 2. The number of ether oxygens (including phenoxy) is 1. The topological polar surface area (TPSA) is 412 Å². The van der Waals surface area contributed by atoms with Gasteiger partial charge in [-0.15, -0.1) is 0 Å². The number of nitrogens with two attached hydrogens (primary N) is 1. The van der Waals surface area contributed by atoms with Gasteiger partial charge in [-0.1, -0.05) is 71.2 Å². The number of phosphoric ester groups is 3. The molecule has 2 amide bonds. The highest BCUT2D eigenvalue weighted by molar-refractivity contribution is 7.59. The molecule has 0 radical (unpaired) electrons. The number of unbranched alkanes of at least 4 members (excludes halogenated alkanes) is 3. The Bertz CT molecular complexity index is 2520. The number of anilines is 1. The number of imidazole rings is 1. The van der Waals surface area contributed by atoms with Crippen LogP contribution in [0.3, 0.4) is 0 Å². The molecule has 1 aliphatic heterocycles. The molecule has 0 aliphatic carbocycles. The number of ketones is 1. The van der Waals surface area contributed by atoms with Crippen LogP contribution in [0.15, 0.2) is 36.9 Å². The number of fused-ring (bicyclic) bond motifs is 1. The number of carboxylic acids is 1. The molecule has 29 heteroatoms. The Balaban J connectivity index is 1.13. The van der Waals surface area contributed by atoms with Gasteiger partial charge in [0.05, 0.1) is 32.8 Å². The lowest BCUT2D eigenvalue weighted by molar-refractivity contribution is -0.347. The van der Waals surface area contributed by atoms with Crippen LogP contribution in [0.2, 0.25) is 0 Å². The second kappa shape index (κ2) is 26.1. The molecule has 1 aromatic carbocycles. The van der Waals surface area contributed by atoms with Crippen molar-refractivity contribution < 1.29 is 90.4 Å². The standard InChI is InChI=1S/C44H70N7O19P3/c1-42(2,19-11-9-14-29-16-12-15-28(23-29)13-8-7-10-20-43(3,4)41(57)58)31(52)17-21-46-32(53)18-22-47-39(56)36(55)44(5,6)25-67-73(64,65)70-72(62,63)66-24-30-35(69-71(59,60)61)34(54)40(68-30)51-27-50-33-37(45)48-26-49-38(33)51/h12,15-16,23,26-27,30,34-36,40,54-55H,7-11,13-14,17-22,24-25H2,1-6H3,(H,46,53)(H,47,56)(H,57,58)(H,62,63)(H,64,65)(H2,45,48,49)(H2,59,60,61)/p-4. The number of aliphatic carboxylic acids is 1. The minimum absolute atomic E-state index is 0.0273. The third kappa shape index (κ3) is 19.2. The average molecular weight is 1090 g/mol. The third-order valence-corrected chi connectivity index (χ3v) is 15.3. The molecule has 0 saturated carbocycles. The summed E-state index contributed by atoms with van der Waals surface area (Å²) < 4.78 is 61.0.